The van der Waals surface area contributed by atoms with E-state index in [4.69, 9.17) is 4.98 Å². The van der Waals surface area contributed by atoms with Crippen molar-refractivity contribution in [3.8, 4) is 6.07 Å². The second kappa shape index (κ2) is 9.80. The average Bonchev–Trinajstić information content (AvgIpc) is 3.13. The van der Waals surface area contributed by atoms with Gasteiger partial charge < -0.3 is 5.32 Å². The standard InChI is InChI=1S/C24H26N4OS2/c1-3-20(22(29)28-24-27-19-11-10-15(2)12-21(19)31-24)30-23-17(14-25)13-16-8-6-4-5-7-9-18(16)26-23/h10-13,20H,3-9H2,1-2H3,(H,27,28,29). The zero-order valence-corrected chi connectivity index (χ0v) is 19.5. The quantitative estimate of drug-likeness (QED) is 0.479. The van der Waals surface area contributed by atoms with Crippen LogP contribution in [0.4, 0.5) is 5.13 Å². The van der Waals surface area contributed by atoms with E-state index >= 15 is 0 Å². The van der Waals surface area contributed by atoms with Crippen LogP contribution in [0.5, 0.6) is 0 Å². The second-order valence-electron chi connectivity index (χ2n) is 7.97. The fourth-order valence-corrected chi connectivity index (χ4v) is 5.83. The molecule has 0 radical (unpaired) electrons. The fraction of sp³-hybridized carbons (Fsp3) is 0.417. The van der Waals surface area contributed by atoms with Crippen LogP contribution < -0.4 is 5.32 Å². The lowest BCUT2D eigenvalue weighted by Crippen LogP contribution is -2.24. The molecule has 0 spiro atoms. The van der Waals surface area contributed by atoms with Crippen molar-refractivity contribution >= 4 is 44.4 Å². The van der Waals surface area contributed by atoms with Crippen LogP contribution in [0.2, 0.25) is 0 Å². The summed E-state index contributed by atoms with van der Waals surface area (Å²) in [6, 6.07) is 10.4. The summed E-state index contributed by atoms with van der Waals surface area (Å²) in [4.78, 5) is 22.4. The first-order valence-electron chi connectivity index (χ1n) is 10.8. The molecule has 160 valence electrons. The molecule has 1 N–H and O–H groups in total. The van der Waals surface area contributed by atoms with Gasteiger partial charge in [0.1, 0.15) is 11.1 Å². The van der Waals surface area contributed by atoms with Crippen molar-refractivity contribution in [1.82, 2.24) is 9.97 Å². The van der Waals surface area contributed by atoms with Crippen LogP contribution in [0.3, 0.4) is 0 Å². The monoisotopic (exact) mass is 450 g/mol. The molecular weight excluding hydrogens is 424 g/mol. The third-order valence-corrected chi connectivity index (χ3v) is 7.88. The summed E-state index contributed by atoms with van der Waals surface area (Å²) < 4.78 is 1.06. The molecule has 1 aliphatic rings. The smallest absolute Gasteiger partial charge is 0.239 e. The van der Waals surface area contributed by atoms with E-state index in [1.807, 2.05) is 32.0 Å². The van der Waals surface area contributed by atoms with Gasteiger partial charge in [-0.25, -0.2) is 9.97 Å². The van der Waals surface area contributed by atoms with Crippen molar-refractivity contribution in [1.29, 1.82) is 5.26 Å². The largest absolute Gasteiger partial charge is 0.301 e. The maximum atomic E-state index is 13.0. The predicted octanol–water partition coefficient (Wildman–Crippen LogP) is 6.04. The molecule has 1 atom stereocenters. The topological polar surface area (TPSA) is 78.7 Å². The maximum absolute atomic E-state index is 13.0. The molecule has 1 unspecified atom stereocenters. The van der Waals surface area contributed by atoms with Gasteiger partial charge in [-0.05, 0) is 68.4 Å². The Kier molecular flexibility index (Phi) is 6.89. The van der Waals surface area contributed by atoms with Crippen molar-refractivity contribution < 1.29 is 4.79 Å². The summed E-state index contributed by atoms with van der Waals surface area (Å²) >= 11 is 2.88. The Morgan fingerprint density at radius 2 is 2.03 bits per heavy atom. The number of nitriles is 1. The van der Waals surface area contributed by atoms with Crippen LogP contribution in [0.1, 0.15) is 61.4 Å². The van der Waals surface area contributed by atoms with Crippen molar-refractivity contribution in [2.24, 2.45) is 0 Å². The molecule has 1 amide bonds. The Bertz CT molecular complexity index is 1150. The number of pyridine rings is 1. The molecule has 0 saturated heterocycles. The zero-order chi connectivity index (χ0) is 21.8. The number of nitrogens with one attached hydrogen (secondary N) is 1. The number of amides is 1. The third-order valence-electron chi connectivity index (χ3n) is 5.58. The van der Waals surface area contributed by atoms with Gasteiger partial charge in [0.2, 0.25) is 5.91 Å². The Morgan fingerprint density at radius 1 is 1.23 bits per heavy atom. The van der Waals surface area contributed by atoms with Gasteiger partial charge in [-0.3, -0.25) is 4.79 Å². The molecule has 0 bridgehead atoms. The zero-order valence-electron chi connectivity index (χ0n) is 17.9. The molecule has 0 saturated carbocycles. The van der Waals surface area contributed by atoms with E-state index < -0.39 is 0 Å². The van der Waals surface area contributed by atoms with Gasteiger partial charge in [-0.2, -0.15) is 5.26 Å². The van der Waals surface area contributed by atoms with E-state index in [9.17, 15) is 10.1 Å². The number of thiazole rings is 1. The number of rotatable bonds is 5. The van der Waals surface area contributed by atoms with Crippen molar-refractivity contribution in [2.75, 3.05) is 5.32 Å². The van der Waals surface area contributed by atoms with Crippen LogP contribution >= 0.6 is 23.1 Å². The molecule has 7 heteroatoms. The molecule has 4 rings (SSSR count). The number of fused-ring (bicyclic) bond motifs is 2. The minimum absolute atomic E-state index is 0.0966. The summed E-state index contributed by atoms with van der Waals surface area (Å²) in [5.41, 5.74) is 4.93. The van der Waals surface area contributed by atoms with Crippen LogP contribution in [-0.2, 0) is 17.6 Å². The predicted molar refractivity (Wildman–Crippen MR) is 128 cm³/mol. The SMILES string of the molecule is CCC(Sc1nc2c(cc1C#N)CCCCCC2)C(=O)Nc1nc2ccc(C)cc2s1. The van der Waals surface area contributed by atoms with E-state index in [-0.39, 0.29) is 11.2 Å². The lowest BCUT2D eigenvalue weighted by Gasteiger charge is -2.17. The maximum Gasteiger partial charge on any atom is 0.239 e. The van der Waals surface area contributed by atoms with Crippen molar-refractivity contribution in [3.05, 3.63) is 46.6 Å². The highest BCUT2D eigenvalue weighted by Gasteiger charge is 2.23. The molecule has 2 aromatic heterocycles. The fourth-order valence-electron chi connectivity index (χ4n) is 3.87. The number of carbonyl (C=O) groups excluding carboxylic acids is 1. The highest BCUT2D eigenvalue weighted by Crippen LogP contribution is 2.32. The van der Waals surface area contributed by atoms with Gasteiger partial charge in [0.25, 0.3) is 0 Å². The summed E-state index contributed by atoms with van der Waals surface area (Å²) in [5, 5.41) is 13.6. The molecule has 3 aromatic rings. The van der Waals surface area contributed by atoms with Gasteiger partial charge in [0.15, 0.2) is 5.13 Å². The summed E-state index contributed by atoms with van der Waals surface area (Å²) in [6.45, 7) is 4.03. The van der Waals surface area contributed by atoms with Gasteiger partial charge in [0, 0.05) is 5.69 Å². The number of anilines is 1. The Balaban J connectivity index is 1.54. The van der Waals surface area contributed by atoms with E-state index in [0.29, 0.717) is 22.1 Å². The first kappa shape index (κ1) is 21.8. The number of benzene rings is 1. The summed E-state index contributed by atoms with van der Waals surface area (Å²) in [7, 11) is 0. The Labute approximate surface area is 191 Å². The molecule has 1 aliphatic carbocycles. The lowest BCUT2D eigenvalue weighted by atomic mass is 9.96. The van der Waals surface area contributed by atoms with Gasteiger partial charge in [-0.1, -0.05) is 48.9 Å². The molecule has 1 aromatic carbocycles. The normalized spacial score (nSPS) is 14.9. The summed E-state index contributed by atoms with van der Waals surface area (Å²) in [5.74, 6) is -0.0966. The minimum Gasteiger partial charge on any atom is -0.301 e. The van der Waals surface area contributed by atoms with Crippen molar-refractivity contribution in [2.45, 2.75) is 69.1 Å². The lowest BCUT2D eigenvalue weighted by molar-refractivity contribution is -0.115. The van der Waals surface area contributed by atoms with E-state index in [1.165, 1.54) is 47.1 Å². The number of thioether (sulfide) groups is 1. The van der Waals surface area contributed by atoms with Gasteiger partial charge in [-0.15, -0.1) is 0 Å². The molecule has 2 heterocycles. The summed E-state index contributed by atoms with van der Waals surface area (Å²) in [6.07, 6.45) is 7.31. The number of carbonyl (C=O) groups is 1. The van der Waals surface area contributed by atoms with Crippen LogP contribution in [0.25, 0.3) is 10.2 Å². The first-order chi connectivity index (χ1) is 15.1. The van der Waals surface area contributed by atoms with E-state index in [0.717, 1.165) is 41.6 Å². The van der Waals surface area contributed by atoms with Crippen LogP contribution in [-0.4, -0.2) is 21.1 Å². The van der Waals surface area contributed by atoms with Gasteiger partial charge >= 0.3 is 0 Å². The highest BCUT2D eigenvalue weighted by atomic mass is 32.2. The molecule has 31 heavy (non-hydrogen) atoms. The minimum atomic E-state index is -0.333. The number of aromatic nitrogens is 2. The highest BCUT2D eigenvalue weighted by molar-refractivity contribution is 8.00. The molecule has 0 fully saturated rings. The average molecular weight is 451 g/mol. The van der Waals surface area contributed by atoms with Crippen LogP contribution in [0.15, 0.2) is 29.3 Å². The number of aryl methyl sites for hydroxylation is 3. The van der Waals surface area contributed by atoms with Gasteiger partial charge in [0.05, 0.1) is 21.0 Å². The molecule has 5 nitrogen and oxygen atoms in total. The van der Waals surface area contributed by atoms with Crippen molar-refractivity contribution in [3.63, 3.8) is 0 Å². The second-order valence-corrected chi connectivity index (χ2v) is 10.2. The Hall–Kier alpha value is -2.43. The van der Waals surface area contributed by atoms with E-state index in [1.54, 1.807) is 0 Å². The number of hydrogen-bond acceptors (Lipinski definition) is 6. The Morgan fingerprint density at radius 3 is 2.81 bits per heavy atom. The first-order valence-corrected chi connectivity index (χ1v) is 12.5. The number of nitrogens with zero attached hydrogens (tertiary/aromatic N) is 3. The number of hydrogen-bond donors (Lipinski definition) is 1. The van der Waals surface area contributed by atoms with E-state index in [2.05, 4.69) is 22.4 Å². The molecular formula is C24H26N4OS2. The molecule has 0 aliphatic heterocycles. The van der Waals surface area contributed by atoms with Crippen LogP contribution in [0, 0.1) is 18.3 Å². The third kappa shape index (κ3) is 5.08.